The Balaban J connectivity index is 3.43. The van der Waals surface area contributed by atoms with Crippen molar-refractivity contribution in [2.45, 2.75) is 0 Å². The van der Waals surface area contributed by atoms with Gasteiger partial charge in [-0.2, -0.15) is 0 Å². The number of hydrogen-bond donors (Lipinski definition) is 2. The van der Waals surface area contributed by atoms with Crippen molar-refractivity contribution in [3.63, 3.8) is 0 Å². The van der Waals surface area contributed by atoms with Gasteiger partial charge < -0.3 is 15.4 Å². The number of nitrogens with zero attached hydrogens (tertiary/aromatic N) is 1. The lowest BCUT2D eigenvalue weighted by Gasteiger charge is -1.99. The molecular weight excluding hydrogens is 132 g/mol. The van der Waals surface area contributed by atoms with Crippen LogP contribution in [0, 0.1) is 0 Å². The van der Waals surface area contributed by atoms with Crippen LogP contribution in [0.1, 0.15) is 0 Å². The van der Waals surface area contributed by atoms with Crippen LogP contribution in [0.15, 0.2) is 17.1 Å². The zero-order valence-corrected chi connectivity index (χ0v) is 5.53. The van der Waals surface area contributed by atoms with Crippen molar-refractivity contribution < 1.29 is 5.11 Å². The Labute approximate surface area is 57.5 Å². The molecule has 0 saturated carbocycles. The summed E-state index contributed by atoms with van der Waals surface area (Å²) in [6.45, 7) is 0. The molecule has 1 aromatic heterocycles. The van der Waals surface area contributed by atoms with Crippen LogP contribution in [-0.4, -0.2) is 9.67 Å². The second kappa shape index (κ2) is 2.06. The first kappa shape index (κ1) is 6.67. The molecule has 0 aliphatic carbocycles. The average molecular weight is 140 g/mol. The summed E-state index contributed by atoms with van der Waals surface area (Å²) < 4.78 is 1.30. The number of hydrogen-bond acceptors (Lipinski definition) is 3. The van der Waals surface area contributed by atoms with E-state index in [2.05, 4.69) is 0 Å². The number of nitrogens with two attached hydrogens (primary N) is 1. The lowest BCUT2D eigenvalue weighted by atomic mass is 10.4. The molecule has 1 aromatic rings. The Morgan fingerprint density at radius 2 is 2.30 bits per heavy atom. The zero-order valence-electron chi connectivity index (χ0n) is 5.53. The fourth-order valence-corrected chi connectivity index (χ4v) is 0.640. The molecule has 4 heteroatoms. The van der Waals surface area contributed by atoms with Crippen LogP contribution in [-0.2, 0) is 7.05 Å². The smallest absolute Gasteiger partial charge is 0.254 e. The molecule has 0 aliphatic heterocycles. The second-order valence-corrected chi connectivity index (χ2v) is 2.06. The first-order valence-electron chi connectivity index (χ1n) is 2.76. The molecule has 1 rings (SSSR count). The third-order valence-corrected chi connectivity index (χ3v) is 1.24. The van der Waals surface area contributed by atoms with Gasteiger partial charge in [-0.15, -0.1) is 0 Å². The van der Waals surface area contributed by atoms with Crippen LogP contribution in [0.25, 0.3) is 0 Å². The van der Waals surface area contributed by atoms with Gasteiger partial charge in [-0.1, -0.05) is 0 Å². The minimum absolute atomic E-state index is 0.164. The maximum atomic E-state index is 10.7. The summed E-state index contributed by atoms with van der Waals surface area (Å²) in [5.41, 5.74) is 5.22. The Morgan fingerprint density at radius 1 is 1.70 bits per heavy atom. The number of aryl methyl sites for hydroxylation is 1. The minimum Gasteiger partial charge on any atom is -0.506 e. The van der Waals surface area contributed by atoms with Gasteiger partial charge in [0.2, 0.25) is 0 Å². The largest absolute Gasteiger partial charge is 0.506 e. The molecular formula is C6H8N2O2. The van der Waals surface area contributed by atoms with E-state index in [1.165, 1.54) is 10.8 Å². The number of aromatic nitrogens is 1. The van der Waals surface area contributed by atoms with Gasteiger partial charge in [-0.3, -0.25) is 4.79 Å². The van der Waals surface area contributed by atoms with Gasteiger partial charge in [-0.25, -0.2) is 0 Å². The lowest BCUT2D eigenvalue weighted by molar-refractivity contribution is 0.475. The molecule has 3 N–H and O–H groups in total. The summed E-state index contributed by atoms with van der Waals surface area (Å²) in [6, 6.07) is 1.08. The van der Waals surface area contributed by atoms with E-state index in [1.807, 2.05) is 0 Å². The van der Waals surface area contributed by atoms with Gasteiger partial charge in [0.05, 0.1) is 5.69 Å². The van der Waals surface area contributed by atoms with Crippen molar-refractivity contribution in [2.75, 3.05) is 5.73 Å². The normalized spacial score (nSPS) is 9.70. The van der Waals surface area contributed by atoms with Crippen LogP contribution in [0.5, 0.6) is 5.75 Å². The summed E-state index contributed by atoms with van der Waals surface area (Å²) >= 11 is 0. The maximum Gasteiger partial charge on any atom is 0.254 e. The van der Waals surface area contributed by atoms with Crippen LogP contribution in [0.3, 0.4) is 0 Å². The average Bonchev–Trinajstić information content (AvgIpc) is 1.84. The lowest BCUT2D eigenvalue weighted by Crippen LogP contribution is -2.14. The van der Waals surface area contributed by atoms with E-state index < -0.39 is 0 Å². The molecule has 10 heavy (non-hydrogen) atoms. The third-order valence-electron chi connectivity index (χ3n) is 1.24. The minimum atomic E-state index is -0.272. The van der Waals surface area contributed by atoms with Crippen LogP contribution in [0.2, 0.25) is 0 Å². The number of nitrogen functional groups attached to an aromatic ring is 1. The van der Waals surface area contributed by atoms with Gasteiger partial charge in [0.1, 0.15) is 5.75 Å². The van der Waals surface area contributed by atoms with Gasteiger partial charge in [0, 0.05) is 19.3 Å². The highest BCUT2D eigenvalue weighted by molar-refractivity contribution is 5.48. The van der Waals surface area contributed by atoms with E-state index in [-0.39, 0.29) is 17.0 Å². The number of anilines is 1. The molecule has 0 aliphatic rings. The number of aromatic hydroxyl groups is 1. The van der Waals surface area contributed by atoms with Crippen LogP contribution >= 0.6 is 0 Å². The Hall–Kier alpha value is -1.45. The van der Waals surface area contributed by atoms with E-state index in [0.717, 1.165) is 6.07 Å². The Morgan fingerprint density at radius 3 is 2.80 bits per heavy atom. The number of rotatable bonds is 0. The van der Waals surface area contributed by atoms with Crippen molar-refractivity contribution in [3.05, 3.63) is 22.6 Å². The predicted molar refractivity (Wildman–Crippen MR) is 37.8 cm³/mol. The fraction of sp³-hybridized carbons (Fsp3) is 0.167. The first-order valence-corrected chi connectivity index (χ1v) is 2.76. The van der Waals surface area contributed by atoms with E-state index in [0.29, 0.717) is 0 Å². The monoisotopic (exact) mass is 140 g/mol. The summed E-state index contributed by atoms with van der Waals surface area (Å²) in [5, 5.41) is 8.89. The molecule has 4 nitrogen and oxygen atoms in total. The fourth-order valence-electron chi connectivity index (χ4n) is 0.640. The van der Waals surface area contributed by atoms with Crippen molar-refractivity contribution in [3.8, 4) is 5.75 Å². The van der Waals surface area contributed by atoms with E-state index in [1.54, 1.807) is 7.05 Å². The summed E-state index contributed by atoms with van der Waals surface area (Å²) in [4.78, 5) is 10.7. The van der Waals surface area contributed by atoms with Crippen LogP contribution < -0.4 is 11.3 Å². The quantitative estimate of drug-likeness (QED) is 0.518. The summed E-state index contributed by atoms with van der Waals surface area (Å²) in [7, 11) is 1.57. The molecule has 0 saturated heterocycles. The van der Waals surface area contributed by atoms with Crippen LogP contribution in [0.4, 0.5) is 5.69 Å². The van der Waals surface area contributed by atoms with Crippen molar-refractivity contribution >= 4 is 5.69 Å². The van der Waals surface area contributed by atoms with Gasteiger partial charge in [0.25, 0.3) is 5.56 Å². The summed E-state index contributed by atoms with van der Waals surface area (Å²) in [6.07, 6.45) is 1.37. The van der Waals surface area contributed by atoms with Crippen molar-refractivity contribution in [1.29, 1.82) is 0 Å². The molecule has 0 atom stereocenters. The topological polar surface area (TPSA) is 68.2 Å². The molecule has 0 amide bonds. The summed E-state index contributed by atoms with van der Waals surface area (Å²) in [5.74, 6) is -0.164. The maximum absolute atomic E-state index is 10.7. The zero-order chi connectivity index (χ0) is 7.72. The molecule has 0 bridgehead atoms. The Bertz CT molecular complexity index is 303. The molecule has 1 heterocycles. The van der Waals surface area contributed by atoms with Gasteiger partial charge >= 0.3 is 0 Å². The predicted octanol–water partition coefficient (Wildman–Crippen LogP) is -0.327. The van der Waals surface area contributed by atoms with E-state index in [4.69, 9.17) is 10.8 Å². The number of pyridine rings is 1. The molecule has 0 radical (unpaired) electrons. The standard InChI is InChI=1S/C6H8N2O2/c1-8-3-4(7)5(9)2-6(8)10/h2-3,9H,7H2,1H3. The van der Waals surface area contributed by atoms with E-state index >= 15 is 0 Å². The second-order valence-electron chi connectivity index (χ2n) is 2.06. The molecule has 0 spiro atoms. The molecule has 0 fully saturated rings. The highest BCUT2D eigenvalue weighted by Crippen LogP contribution is 2.13. The molecule has 0 aromatic carbocycles. The van der Waals surface area contributed by atoms with Gasteiger partial charge in [-0.05, 0) is 0 Å². The highest BCUT2D eigenvalue weighted by atomic mass is 16.3. The molecule has 54 valence electrons. The molecule has 0 unspecified atom stereocenters. The van der Waals surface area contributed by atoms with Crippen molar-refractivity contribution in [1.82, 2.24) is 4.57 Å². The first-order chi connectivity index (χ1) is 4.61. The Kier molecular flexibility index (Phi) is 1.37. The third kappa shape index (κ3) is 0.953. The van der Waals surface area contributed by atoms with Crippen molar-refractivity contribution in [2.24, 2.45) is 7.05 Å². The SMILES string of the molecule is Cn1cc(N)c(O)cc1=O. The van der Waals surface area contributed by atoms with Gasteiger partial charge in [0.15, 0.2) is 0 Å². The van der Waals surface area contributed by atoms with E-state index in [9.17, 15) is 4.79 Å². The highest BCUT2D eigenvalue weighted by Gasteiger charge is 1.97.